The van der Waals surface area contributed by atoms with Crippen molar-refractivity contribution >= 4 is 42.4 Å². The van der Waals surface area contributed by atoms with E-state index in [0.29, 0.717) is 51.5 Å². The molecule has 2 aromatic carbocycles. The zero-order chi connectivity index (χ0) is 27.3. The lowest BCUT2D eigenvalue weighted by molar-refractivity contribution is -0.141. The van der Waals surface area contributed by atoms with Gasteiger partial charge in [-0.3, -0.25) is 19.4 Å². The summed E-state index contributed by atoms with van der Waals surface area (Å²) in [5.74, 6) is -1.00. The minimum absolute atomic E-state index is 0. The van der Waals surface area contributed by atoms with Crippen molar-refractivity contribution in [3.8, 4) is 0 Å². The Kier molecular flexibility index (Phi) is 12.9. The number of amides is 3. The zero-order valence-corrected chi connectivity index (χ0v) is 22.6. The molecule has 0 bridgehead atoms. The van der Waals surface area contributed by atoms with Crippen LogP contribution in [0.4, 0.5) is 0 Å². The second kappa shape index (κ2) is 16.1. The van der Waals surface area contributed by atoms with E-state index in [1.54, 1.807) is 0 Å². The van der Waals surface area contributed by atoms with Crippen LogP contribution in [0.25, 0.3) is 0 Å². The monoisotopic (exact) mass is 556 g/mol. The molecule has 1 saturated heterocycles. The SMILES string of the molecule is Cl.NC(N)=NCCC[C@@H](C=O)NC(=O)[C@@H]1CCCN1C(=O)[C@@H](Cc1ccccc1)NC(=O)Cc1ccccc1. The topological polar surface area (TPSA) is 160 Å². The number of nitrogens with one attached hydrogen (secondary N) is 2. The predicted octanol–water partition coefficient (Wildman–Crippen LogP) is 1.11. The first kappa shape index (κ1) is 31.3. The van der Waals surface area contributed by atoms with Gasteiger partial charge in [-0.25, -0.2) is 0 Å². The first-order valence-electron chi connectivity index (χ1n) is 12.9. The van der Waals surface area contributed by atoms with Gasteiger partial charge < -0.3 is 31.8 Å². The standard InChI is InChI=1S/C28H36N6O4.ClH/c29-28(30)31-15-7-13-22(19-35)32-26(37)24-14-8-16-34(24)27(38)23(17-20-9-3-1-4-10-20)33-25(36)18-21-11-5-2-6-12-21;/h1-6,9-12,19,22-24H,7-8,13-18H2,(H,32,37)(H,33,36)(H4,29,30,31);1H/t22-,23+,24-;/m0./s1. The molecule has 11 heteroatoms. The number of rotatable bonds is 13. The van der Waals surface area contributed by atoms with E-state index in [1.807, 2.05) is 60.7 Å². The van der Waals surface area contributed by atoms with Crippen molar-refractivity contribution < 1.29 is 19.2 Å². The van der Waals surface area contributed by atoms with E-state index in [1.165, 1.54) is 4.90 Å². The number of nitrogens with two attached hydrogens (primary N) is 2. The van der Waals surface area contributed by atoms with Gasteiger partial charge in [0.2, 0.25) is 17.7 Å². The molecule has 1 heterocycles. The molecule has 3 amide bonds. The summed E-state index contributed by atoms with van der Waals surface area (Å²) >= 11 is 0. The van der Waals surface area contributed by atoms with Crippen LogP contribution in [0.15, 0.2) is 65.7 Å². The molecule has 0 aliphatic carbocycles. The van der Waals surface area contributed by atoms with Gasteiger partial charge in [0.25, 0.3) is 0 Å². The molecule has 3 atom stereocenters. The van der Waals surface area contributed by atoms with Gasteiger partial charge in [0.05, 0.1) is 12.5 Å². The quantitative estimate of drug-likeness (QED) is 0.125. The number of likely N-dealkylation sites (tertiary alicyclic amines) is 1. The molecule has 1 fully saturated rings. The number of aliphatic imine (C=N–C) groups is 1. The first-order valence-corrected chi connectivity index (χ1v) is 12.9. The van der Waals surface area contributed by atoms with Crippen LogP contribution in [0.5, 0.6) is 0 Å². The Morgan fingerprint density at radius 1 is 1.00 bits per heavy atom. The number of hydrogen-bond donors (Lipinski definition) is 4. The van der Waals surface area contributed by atoms with Gasteiger partial charge in [-0.2, -0.15) is 0 Å². The van der Waals surface area contributed by atoms with Crippen LogP contribution in [0.1, 0.15) is 36.8 Å². The lowest BCUT2D eigenvalue weighted by atomic mass is 10.0. The van der Waals surface area contributed by atoms with E-state index in [2.05, 4.69) is 15.6 Å². The van der Waals surface area contributed by atoms with E-state index in [-0.39, 0.29) is 42.5 Å². The largest absolute Gasteiger partial charge is 0.370 e. The fraction of sp³-hybridized carbons (Fsp3) is 0.393. The van der Waals surface area contributed by atoms with Crippen LogP contribution in [-0.2, 0) is 32.0 Å². The van der Waals surface area contributed by atoms with Crippen LogP contribution < -0.4 is 22.1 Å². The molecule has 0 radical (unpaired) electrons. The molecule has 0 unspecified atom stereocenters. The summed E-state index contributed by atoms with van der Waals surface area (Å²) in [5, 5.41) is 5.64. The van der Waals surface area contributed by atoms with E-state index in [9.17, 15) is 19.2 Å². The molecule has 1 aliphatic rings. The van der Waals surface area contributed by atoms with Gasteiger partial charge in [0.1, 0.15) is 18.4 Å². The number of hydrogen-bond acceptors (Lipinski definition) is 5. The average molecular weight is 557 g/mol. The second-order valence-electron chi connectivity index (χ2n) is 9.36. The van der Waals surface area contributed by atoms with Crippen molar-refractivity contribution in [1.29, 1.82) is 0 Å². The van der Waals surface area contributed by atoms with Crippen LogP contribution in [0.3, 0.4) is 0 Å². The summed E-state index contributed by atoms with van der Waals surface area (Å²) in [6.45, 7) is 0.743. The Balaban J connectivity index is 0.00000533. The summed E-state index contributed by atoms with van der Waals surface area (Å²) < 4.78 is 0. The molecule has 210 valence electrons. The van der Waals surface area contributed by atoms with Crippen molar-refractivity contribution in [3.63, 3.8) is 0 Å². The normalized spacial score (nSPS) is 15.8. The molecule has 0 aromatic heterocycles. The Morgan fingerprint density at radius 3 is 2.26 bits per heavy atom. The maximum Gasteiger partial charge on any atom is 0.246 e. The van der Waals surface area contributed by atoms with Gasteiger partial charge in [-0.1, -0.05) is 60.7 Å². The Morgan fingerprint density at radius 2 is 1.64 bits per heavy atom. The summed E-state index contributed by atoms with van der Waals surface area (Å²) in [6.07, 6.45) is 3.14. The van der Waals surface area contributed by atoms with Crippen molar-refractivity contribution in [3.05, 3.63) is 71.8 Å². The average Bonchev–Trinajstić information content (AvgIpc) is 3.41. The van der Waals surface area contributed by atoms with Gasteiger partial charge in [-0.15, -0.1) is 12.4 Å². The Labute approximate surface area is 235 Å². The third-order valence-electron chi connectivity index (χ3n) is 6.42. The molecule has 6 N–H and O–H groups in total. The molecule has 3 rings (SSSR count). The maximum atomic E-state index is 13.7. The van der Waals surface area contributed by atoms with Crippen molar-refractivity contribution in [2.45, 2.75) is 56.7 Å². The highest BCUT2D eigenvalue weighted by molar-refractivity contribution is 5.93. The highest BCUT2D eigenvalue weighted by Crippen LogP contribution is 2.20. The summed E-state index contributed by atoms with van der Waals surface area (Å²) in [5.41, 5.74) is 12.4. The molecule has 1 aliphatic heterocycles. The Hall–Kier alpha value is -3.92. The molecule has 10 nitrogen and oxygen atoms in total. The smallest absolute Gasteiger partial charge is 0.246 e. The number of nitrogens with zero attached hydrogens (tertiary/aromatic N) is 2. The predicted molar refractivity (Wildman–Crippen MR) is 152 cm³/mol. The highest BCUT2D eigenvalue weighted by atomic mass is 35.5. The third-order valence-corrected chi connectivity index (χ3v) is 6.42. The molecule has 39 heavy (non-hydrogen) atoms. The summed E-state index contributed by atoms with van der Waals surface area (Å²) in [6, 6.07) is 16.5. The second-order valence-corrected chi connectivity index (χ2v) is 9.36. The van der Waals surface area contributed by atoms with Gasteiger partial charge in [-0.05, 0) is 36.8 Å². The summed E-state index contributed by atoms with van der Waals surface area (Å²) in [7, 11) is 0. The minimum Gasteiger partial charge on any atom is -0.370 e. The van der Waals surface area contributed by atoms with Crippen LogP contribution >= 0.6 is 12.4 Å². The van der Waals surface area contributed by atoms with E-state index < -0.39 is 18.1 Å². The highest BCUT2D eigenvalue weighted by Gasteiger charge is 2.38. The fourth-order valence-corrected chi connectivity index (χ4v) is 4.55. The van der Waals surface area contributed by atoms with Crippen LogP contribution in [-0.4, -0.2) is 66.1 Å². The molecule has 0 saturated carbocycles. The number of halogens is 1. The maximum absolute atomic E-state index is 13.7. The molecule has 2 aromatic rings. The van der Waals surface area contributed by atoms with Crippen molar-refractivity contribution in [2.75, 3.05) is 13.1 Å². The van der Waals surface area contributed by atoms with Gasteiger partial charge in [0.15, 0.2) is 5.96 Å². The van der Waals surface area contributed by atoms with E-state index in [4.69, 9.17) is 11.5 Å². The summed E-state index contributed by atoms with van der Waals surface area (Å²) in [4.78, 5) is 56.6. The molecular formula is C28H37ClN6O4. The lowest BCUT2D eigenvalue weighted by Crippen LogP contribution is -2.55. The molecule has 0 spiro atoms. The van der Waals surface area contributed by atoms with Gasteiger partial charge >= 0.3 is 0 Å². The van der Waals surface area contributed by atoms with Crippen molar-refractivity contribution in [2.24, 2.45) is 16.5 Å². The van der Waals surface area contributed by atoms with Crippen molar-refractivity contribution in [1.82, 2.24) is 15.5 Å². The number of carbonyl (C=O) groups is 4. The number of carbonyl (C=O) groups excluding carboxylic acids is 4. The minimum atomic E-state index is -0.830. The van der Waals surface area contributed by atoms with Gasteiger partial charge in [0, 0.05) is 19.5 Å². The lowest BCUT2D eigenvalue weighted by Gasteiger charge is -2.29. The zero-order valence-electron chi connectivity index (χ0n) is 21.8. The Bertz CT molecular complexity index is 1110. The van der Waals surface area contributed by atoms with Crippen LogP contribution in [0, 0.1) is 0 Å². The number of guanidine groups is 1. The fourth-order valence-electron chi connectivity index (χ4n) is 4.55. The van der Waals surface area contributed by atoms with E-state index >= 15 is 0 Å². The third kappa shape index (κ3) is 10.0. The number of benzene rings is 2. The van der Waals surface area contributed by atoms with Crippen LogP contribution in [0.2, 0.25) is 0 Å². The molecular weight excluding hydrogens is 520 g/mol. The van der Waals surface area contributed by atoms with E-state index in [0.717, 1.165) is 11.1 Å². The number of aldehydes is 1. The first-order chi connectivity index (χ1) is 18.4.